The van der Waals surface area contributed by atoms with Crippen LogP contribution >= 0.6 is 15.9 Å². The molecule has 10 heteroatoms. The van der Waals surface area contributed by atoms with E-state index in [1.54, 1.807) is 54.6 Å². The lowest BCUT2D eigenvalue weighted by Gasteiger charge is -2.49. The summed E-state index contributed by atoms with van der Waals surface area (Å²) < 4.78 is 23.1. The number of pyridine rings is 1. The fourth-order valence-electron chi connectivity index (χ4n) is 5.65. The van der Waals surface area contributed by atoms with Gasteiger partial charge in [0.05, 0.1) is 32.8 Å². The van der Waals surface area contributed by atoms with Crippen molar-refractivity contribution in [1.82, 2.24) is 4.98 Å². The monoisotopic (exact) mass is 557 g/mol. The molecular formula is C26H24BrNO8. The molecule has 1 aliphatic carbocycles. The molecule has 0 amide bonds. The minimum atomic E-state index is -3.05. The van der Waals surface area contributed by atoms with Crippen molar-refractivity contribution in [3.8, 4) is 17.5 Å². The van der Waals surface area contributed by atoms with Gasteiger partial charge in [-0.25, -0.2) is 0 Å². The van der Waals surface area contributed by atoms with E-state index in [4.69, 9.17) is 18.9 Å². The average molecular weight is 558 g/mol. The van der Waals surface area contributed by atoms with Crippen LogP contribution in [0.5, 0.6) is 17.5 Å². The maximum Gasteiger partial charge on any atom is 0.312 e. The van der Waals surface area contributed by atoms with Crippen LogP contribution in [-0.2, 0) is 20.7 Å². The molecule has 5 rings (SSSR count). The number of esters is 1. The van der Waals surface area contributed by atoms with Gasteiger partial charge < -0.3 is 34.3 Å². The molecule has 1 saturated carbocycles. The molecule has 2 aliphatic rings. The summed E-state index contributed by atoms with van der Waals surface area (Å²) in [4.78, 5) is 17.7. The van der Waals surface area contributed by atoms with E-state index in [-0.39, 0.29) is 23.1 Å². The summed E-state index contributed by atoms with van der Waals surface area (Å²) in [6, 6.07) is 16.9. The molecular weight excluding hydrogens is 534 g/mol. The number of carbonyl (C=O) groups is 1. The van der Waals surface area contributed by atoms with Gasteiger partial charge in [0, 0.05) is 16.1 Å². The lowest BCUT2D eigenvalue weighted by atomic mass is 9.74. The standard InChI is InChI=1S/C26H24BrNO8/c1-33-18-13-17-20(22(28-18)34-2)24(30)21(23(29)35-3)19(14-7-5-4-6-8-14)25(36-17,26(24,31)32)15-9-11-16(27)12-10-15/h4-13,19,21,30-32H,1-3H3/t19-,21-,24+,25-/m1/s1. The molecule has 1 fully saturated rings. The molecule has 3 N–H and O–H groups in total. The van der Waals surface area contributed by atoms with Crippen molar-refractivity contribution in [1.29, 1.82) is 0 Å². The van der Waals surface area contributed by atoms with Crippen molar-refractivity contribution in [3.05, 3.63) is 81.8 Å². The Morgan fingerprint density at radius 3 is 2.25 bits per heavy atom. The number of nitrogens with zero attached hydrogens (tertiary/aromatic N) is 1. The number of ether oxygens (including phenoxy) is 4. The lowest BCUT2D eigenvalue weighted by Crippen LogP contribution is -2.65. The number of hydrogen-bond donors (Lipinski definition) is 3. The van der Waals surface area contributed by atoms with Crippen molar-refractivity contribution in [3.63, 3.8) is 0 Å². The zero-order valence-corrected chi connectivity index (χ0v) is 21.2. The molecule has 2 heterocycles. The maximum absolute atomic E-state index is 13.4. The van der Waals surface area contributed by atoms with Crippen molar-refractivity contribution in [2.24, 2.45) is 5.92 Å². The van der Waals surface area contributed by atoms with Gasteiger partial charge in [-0.05, 0) is 17.7 Å². The van der Waals surface area contributed by atoms with E-state index >= 15 is 0 Å². The first kappa shape index (κ1) is 24.5. The second kappa shape index (κ2) is 8.45. The number of fused-ring (bicyclic) bond motifs is 4. The number of halogens is 1. The SMILES string of the molecule is COC(=O)[C@H]1[C@@H](c2ccccc2)[C@@]2(c3ccc(Br)cc3)Oc3cc(OC)nc(OC)c3[C@@]1(O)C2(O)O. The van der Waals surface area contributed by atoms with Crippen LogP contribution in [0, 0.1) is 5.92 Å². The van der Waals surface area contributed by atoms with Gasteiger partial charge in [-0.1, -0.05) is 58.4 Å². The minimum Gasteiger partial charge on any atom is -0.481 e. The van der Waals surface area contributed by atoms with Crippen LogP contribution in [0.2, 0.25) is 0 Å². The van der Waals surface area contributed by atoms with Gasteiger partial charge in [0.2, 0.25) is 17.5 Å². The highest BCUT2D eigenvalue weighted by atomic mass is 79.9. The van der Waals surface area contributed by atoms with Crippen LogP contribution in [0.15, 0.2) is 65.1 Å². The number of carbonyl (C=O) groups excluding carboxylic acids is 1. The molecule has 0 saturated heterocycles. The Bertz CT molecular complexity index is 1320. The summed E-state index contributed by atoms with van der Waals surface area (Å²) >= 11 is 3.40. The first-order chi connectivity index (χ1) is 17.2. The summed E-state index contributed by atoms with van der Waals surface area (Å²) in [5, 5.41) is 36.4. The second-order valence-electron chi connectivity index (χ2n) is 8.72. The predicted molar refractivity (Wildman–Crippen MR) is 130 cm³/mol. The number of rotatable bonds is 5. The smallest absolute Gasteiger partial charge is 0.312 e. The number of aromatic nitrogens is 1. The van der Waals surface area contributed by atoms with Gasteiger partial charge in [0.15, 0.2) is 11.2 Å². The van der Waals surface area contributed by atoms with E-state index in [1.807, 2.05) is 0 Å². The third kappa shape index (κ3) is 2.98. The van der Waals surface area contributed by atoms with Gasteiger partial charge in [0.1, 0.15) is 11.7 Å². The Balaban J connectivity index is 1.95. The van der Waals surface area contributed by atoms with Crippen LogP contribution < -0.4 is 14.2 Å². The number of benzene rings is 2. The van der Waals surface area contributed by atoms with Crippen LogP contribution in [0.3, 0.4) is 0 Å². The predicted octanol–water partition coefficient (Wildman–Crippen LogP) is 2.60. The number of aliphatic hydroxyl groups is 3. The molecule has 36 heavy (non-hydrogen) atoms. The van der Waals surface area contributed by atoms with E-state index in [0.717, 1.165) is 4.47 Å². The Morgan fingerprint density at radius 2 is 1.67 bits per heavy atom. The van der Waals surface area contributed by atoms with Crippen molar-refractivity contribution in [2.75, 3.05) is 21.3 Å². The number of hydrogen-bond acceptors (Lipinski definition) is 9. The molecule has 9 nitrogen and oxygen atoms in total. The summed E-state index contributed by atoms with van der Waals surface area (Å²) in [6.45, 7) is 0. The zero-order valence-electron chi connectivity index (χ0n) is 19.6. The van der Waals surface area contributed by atoms with Crippen molar-refractivity contribution < 1.29 is 39.1 Å². The lowest BCUT2D eigenvalue weighted by molar-refractivity contribution is -0.341. The molecule has 1 aromatic heterocycles. The highest BCUT2D eigenvalue weighted by Gasteiger charge is 2.84. The third-order valence-electron chi connectivity index (χ3n) is 7.14. The first-order valence-electron chi connectivity index (χ1n) is 11.1. The Kier molecular flexibility index (Phi) is 5.75. The normalized spacial score (nSPS) is 27.5. The molecule has 1 aliphatic heterocycles. The van der Waals surface area contributed by atoms with Gasteiger partial charge in [-0.15, -0.1) is 0 Å². The largest absolute Gasteiger partial charge is 0.481 e. The van der Waals surface area contributed by atoms with Crippen molar-refractivity contribution >= 4 is 21.9 Å². The molecule has 188 valence electrons. The second-order valence-corrected chi connectivity index (χ2v) is 9.64. The molecule has 4 atom stereocenters. The average Bonchev–Trinajstić information content (AvgIpc) is 2.97. The molecule has 3 aromatic rings. The van der Waals surface area contributed by atoms with Crippen LogP contribution in [0.4, 0.5) is 0 Å². The van der Waals surface area contributed by atoms with E-state index in [1.165, 1.54) is 27.4 Å². The van der Waals surface area contributed by atoms with Crippen LogP contribution in [-0.4, -0.2) is 53.4 Å². The van der Waals surface area contributed by atoms with Gasteiger partial charge in [-0.3, -0.25) is 4.79 Å². The summed E-state index contributed by atoms with van der Waals surface area (Å²) in [6.07, 6.45) is 0. The fourth-order valence-corrected chi connectivity index (χ4v) is 5.91. The highest BCUT2D eigenvalue weighted by Crippen LogP contribution is 2.71. The molecule has 0 unspecified atom stereocenters. The molecule has 0 radical (unpaired) electrons. The maximum atomic E-state index is 13.4. The highest BCUT2D eigenvalue weighted by molar-refractivity contribution is 9.10. The fraction of sp³-hybridized carbons (Fsp3) is 0.308. The molecule has 2 aromatic carbocycles. The van der Waals surface area contributed by atoms with Gasteiger partial charge in [-0.2, -0.15) is 4.98 Å². The Hall–Kier alpha value is -3.18. The molecule has 0 spiro atoms. The van der Waals surface area contributed by atoms with Crippen LogP contribution in [0.1, 0.15) is 22.6 Å². The Morgan fingerprint density at radius 1 is 1.00 bits per heavy atom. The van der Waals surface area contributed by atoms with Crippen molar-refractivity contribution in [2.45, 2.75) is 22.9 Å². The topological polar surface area (TPSA) is 128 Å². The summed E-state index contributed by atoms with van der Waals surface area (Å²) in [5.74, 6) is -6.63. The van der Waals surface area contributed by atoms with E-state index in [0.29, 0.717) is 11.1 Å². The first-order valence-corrected chi connectivity index (χ1v) is 11.8. The van der Waals surface area contributed by atoms with Gasteiger partial charge >= 0.3 is 5.97 Å². The number of methoxy groups -OCH3 is 3. The molecule has 2 bridgehead atoms. The summed E-state index contributed by atoms with van der Waals surface area (Å²) in [5.41, 5.74) is -4.09. The van der Waals surface area contributed by atoms with Crippen LogP contribution in [0.25, 0.3) is 0 Å². The van der Waals surface area contributed by atoms with E-state index in [2.05, 4.69) is 20.9 Å². The van der Waals surface area contributed by atoms with E-state index < -0.39 is 34.8 Å². The zero-order chi connectivity index (χ0) is 25.9. The quantitative estimate of drug-likeness (QED) is 0.320. The minimum absolute atomic E-state index is 0.0233. The third-order valence-corrected chi connectivity index (χ3v) is 7.67. The van der Waals surface area contributed by atoms with E-state index in [9.17, 15) is 20.1 Å². The van der Waals surface area contributed by atoms with Gasteiger partial charge in [0.25, 0.3) is 0 Å². The Labute approximate surface area is 215 Å². The summed E-state index contributed by atoms with van der Waals surface area (Å²) in [7, 11) is 3.87.